The van der Waals surface area contributed by atoms with Crippen LogP contribution in [-0.2, 0) is 6.54 Å². The summed E-state index contributed by atoms with van der Waals surface area (Å²) in [5.74, 6) is 0.260. The molecule has 0 unspecified atom stereocenters. The van der Waals surface area contributed by atoms with Crippen LogP contribution in [0.2, 0.25) is 0 Å². The number of halogens is 2. The highest BCUT2D eigenvalue weighted by atomic mass is 79.9. The molecule has 0 spiro atoms. The molecule has 0 atom stereocenters. The molecule has 0 heterocycles. The Bertz CT molecular complexity index is 529. The highest BCUT2D eigenvalue weighted by molar-refractivity contribution is 9.10. The average molecular weight is 357 g/mol. The van der Waals surface area contributed by atoms with Crippen molar-refractivity contribution in [1.82, 2.24) is 0 Å². The second-order valence-corrected chi connectivity index (χ2v) is 5.42. The van der Waals surface area contributed by atoms with Gasteiger partial charge >= 0.3 is 0 Å². The molecule has 0 saturated heterocycles. The van der Waals surface area contributed by atoms with Gasteiger partial charge in [-0.05, 0) is 51.8 Å². The minimum Gasteiger partial charge on any atom is -0.507 e. The molecule has 4 heteroatoms. The van der Waals surface area contributed by atoms with E-state index in [1.165, 1.54) is 0 Å². The number of nitrogens with one attached hydrogen (secondary N) is 1. The monoisotopic (exact) mass is 355 g/mol. The quantitative estimate of drug-likeness (QED) is 0.846. The smallest absolute Gasteiger partial charge is 0.129 e. The van der Waals surface area contributed by atoms with Gasteiger partial charge < -0.3 is 10.4 Å². The van der Waals surface area contributed by atoms with Crippen molar-refractivity contribution in [2.45, 2.75) is 6.54 Å². The fourth-order valence-corrected chi connectivity index (χ4v) is 2.29. The molecule has 2 aromatic carbocycles. The van der Waals surface area contributed by atoms with E-state index in [-0.39, 0.29) is 5.75 Å². The molecule has 0 radical (unpaired) electrons. The van der Waals surface area contributed by atoms with Gasteiger partial charge in [0.15, 0.2) is 0 Å². The first-order valence-corrected chi connectivity index (χ1v) is 6.70. The van der Waals surface area contributed by atoms with E-state index in [1.54, 1.807) is 6.07 Å². The fraction of sp³-hybridized carbons (Fsp3) is 0.0769. The number of phenolic OH excluding ortho intramolecular Hbond substituents is 1. The van der Waals surface area contributed by atoms with Crippen LogP contribution in [0.15, 0.2) is 51.4 Å². The van der Waals surface area contributed by atoms with Crippen LogP contribution in [-0.4, -0.2) is 5.11 Å². The summed E-state index contributed by atoms with van der Waals surface area (Å²) in [6, 6.07) is 13.5. The molecule has 88 valence electrons. The first kappa shape index (κ1) is 12.5. The van der Waals surface area contributed by atoms with E-state index in [1.807, 2.05) is 36.4 Å². The van der Waals surface area contributed by atoms with Gasteiger partial charge in [0.2, 0.25) is 0 Å². The lowest BCUT2D eigenvalue weighted by molar-refractivity contribution is 0.471. The SMILES string of the molecule is Oc1ccc(CNc2cccc(Br)c2)cc1Br. The molecule has 0 aliphatic carbocycles. The Morgan fingerprint density at radius 3 is 2.59 bits per heavy atom. The van der Waals surface area contributed by atoms with Gasteiger partial charge in [-0.2, -0.15) is 0 Å². The summed E-state index contributed by atoms with van der Waals surface area (Å²) in [5, 5.41) is 12.7. The molecule has 2 aromatic rings. The van der Waals surface area contributed by atoms with E-state index in [4.69, 9.17) is 0 Å². The predicted molar refractivity (Wildman–Crippen MR) is 77.3 cm³/mol. The number of hydrogen-bond donors (Lipinski definition) is 2. The molecular weight excluding hydrogens is 346 g/mol. The first-order chi connectivity index (χ1) is 8.15. The van der Waals surface area contributed by atoms with Crippen molar-refractivity contribution in [2.24, 2.45) is 0 Å². The zero-order valence-corrected chi connectivity index (χ0v) is 12.1. The van der Waals surface area contributed by atoms with Crippen molar-refractivity contribution >= 4 is 37.5 Å². The summed E-state index contributed by atoms with van der Waals surface area (Å²) < 4.78 is 1.76. The zero-order valence-electron chi connectivity index (χ0n) is 8.95. The molecule has 2 rings (SSSR count). The Kier molecular flexibility index (Phi) is 4.07. The summed E-state index contributed by atoms with van der Waals surface area (Å²) in [6.07, 6.45) is 0. The molecule has 2 nitrogen and oxygen atoms in total. The van der Waals surface area contributed by atoms with Gasteiger partial charge in [0.1, 0.15) is 5.75 Å². The second-order valence-electron chi connectivity index (χ2n) is 3.65. The topological polar surface area (TPSA) is 32.3 Å². The number of anilines is 1. The van der Waals surface area contributed by atoms with Crippen LogP contribution < -0.4 is 5.32 Å². The van der Waals surface area contributed by atoms with E-state index in [0.29, 0.717) is 4.47 Å². The lowest BCUT2D eigenvalue weighted by Gasteiger charge is -2.07. The number of hydrogen-bond acceptors (Lipinski definition) is 2. The van der Waals surface area contributed by atoms with Crippen LogP contribution >= 0.6 is 31.9 Å². The van der Waals surface area contributed by atoms with Crippen LogP contribution in [0.1, 0.15) is 5.56 Å². The Morgan fingerprint density at radius 1 is 1.06 bits per heavy atom. The van der Waals surface area contributed by atoms with Crippen molar-refractivity contribution in [1.29, 1.82) is 0 Å². The minimum absolute atomic E-state index is 0.260. The van der Waals surface area contributed by atoms with E-state index < -0.39 is 0 Å². The van der Waals surface area contributed by atoms with Crippen LogP contribution in [0.5, 0.6) is 5.75 Å². The normalized spacial score (nSPS) is 10.2. The Hall–Kier alpha value is -1.000. The highest BCUT2D eigenvalue weighted by Crippen LogP contribution is 2.24. The van der Waals surface area contributed by atoms with Crippen molar-refractivity contribution < 1.29 is 5.11 Å². The molecule has 0 aliphatic rings. The summed E-state index contributed by atoms with van der Waals surface area (Å²) in [7, 11) is 0. The fourth-order valence-electron chi connectivity index (χ4n) is 1.46. The third-order valence-electron chi connectivity index (χ3n) is 2.33. The number of benzene rings is 2. The maximum atomic E-state index is 9.39. The van der Waals surface area contributed by atoms with Gasteiger partial charge in [-0.3, -0.25) is 0 Å². The molecule has 0 bridgehead atoms. The van der Waals surface area contributed by atoms with Crippen LogP contribution in [0.3, 0.4) is 0 Å². The van der Waals surface area contributed by atoms with Crippen LogP contribution in [0.4, 0.5) is 5.69 Å². The first-order valence-electron chi connectivity index (χ1n) is 5.12. The molecule has 0 aromatic heterocycles. The van der Waals surface area contributed by atoms with Gasteiger partial charge in [0, 0.05) is 16.7 Å². The third kappa shape index (κ3) is 3.48. The predicted octanol–water partition coefficient (Wildman–Crippen LogP) is 4.53. The molecule has 0 amide bonds. The lowest BCUT2D eigenvalue weighted by atomic mass is 10.2. The van der Waals surface area contributed by atoms with E-state index in [2.05, 4.69) is 37.2 Å². The van der Waals surface area contributed by atoms with Crippen LogP contribution in [0.25, 0.3) is 0 Å². The highest BCUT2D eigenvalue weighted by Gasteiger charge is 2.00. The zero-order chi connectivity index (χ0) is 12.3. The summed E-state index contributed by atoms with van der Waals surface area (Å²) in [6.45, 7) is 0.718. The van der Waals surface area contributed by atoms with E-state index in [0.717, 1.165) is 22.3 Å². The van der Waals surface area contributed by atoms with Gasteiger partial charge in [0.25, 0.3) is 0 Å². The van der Waals surface area contributed by atoms with Crippen molar-refractivity contribution in [3.63, 3.8) is 0 Å². The average Bonchev–Trinajstić information content (AvgIpc) is 2.31. The number of rotatable bonds is 3. The second kappa shape index (κ2) is 5.56. The molecule has 0 aliphatic heterocycles. The van der Waals surface area contributed by atoms with Crippen molar-refractivity contribution in [2.75, 3.05) is 5.32 Å². The van der Waals surface area contributed by atoms with Crippen molar-refractivity contribution in [3.8, 4) is 5.75 Å². The lowest BCUT2D eigenvalue weighted by Crippen LogP contribution is -1.98. The standard InChI is InChI=1S/C13H11Br2NO/c14-10-2-1-3-11(7-10)16-8-9-4-5-13(17)12(15)6-9/h1-7,16-17H,8H2. The molecule has 0 fully saturated rings. The molecule has 0 saturated carbocycles. The van der Waals surface area contributed by atoms with Crippen LogP contribution in [0, 0.1) is 0 Å². The maximum absolute atomic E-state index is 9.39. The number of aromatic hydroxyl groups is 1. The summed E-state index contributed by atoms with van der Waals surface area (Å²) >= 11 is 6.73. The largest absolute Gasteiger partial charge is 0.507 e. The minimum atomic E-state index is 0.260. The maximum Gasteiger partial charge on any atom is 0.129 e. The Balaban J connectivity index is 2.05. The van der Waals surface area contributed by atoms with Crippen molar-refractivity contribution in [3.05, 3.63) is 57.0 Å². The van der Waals surface area contributed by atoms with E-state index in [9.17, 15) is 5.11 Å². The third-order valence-corrected chi connectivity index (χ3v) is 3.46. The van der Waals surface area contributed by atoms with Gasteiger partial charge in [-0.15, -0.1) is 0 Å². The molecule has 2 N–H and O–H groups in total. The summed E-state index contributed by atoms with van der Waals surface area (Å²) in [4.78, 5) is 0. The molecule has 17 heavy (non-hydrogen) atoms. The van der Waals surface area contributed by atoms with Gasteiger partial charge in [-0.25, -0.2) is 0 Å². The number of phenols is 1. The summed E-state index contributed by atoms with van der Waals surface area (Å²) in [5.41, 5.74) is 2.17. The Morgan fingerprint density at radius 2 is 1.88 bits per heavy atom. The van der Waals surface area contributed by atoms with E-state index >= 15 is 0 Å². The van der Waals surface area contributed by atoms with Gasteiger partial charge in [0.05, 0.1) is 4.47 Å². The Labute approximate surface area is 117 Å². The molecular formula is C13H11Br2NO. The van der Waals surface area contributed by atoms with Gasteiger partial charge in [-0.1, -0.05) is 28.1 Å².